The first-order valence-corrected chi connectivity index (χ1v) is 7.00. The van der Waals surface area contributed by atoms with E-state index in [1.165, 1.54) is 0 Å². The van der Waals surface area contributed by atoms with Gasteiger partial charge in [0.05, 0.1) is 13.7 Å². The van der Waals surface area contributed by atoms with E-state index in [1.807, 2.05) is 37.0 Å². The van der Waals surface area contributed by atoms with Crippen molar-refractivity contribution in [2.24, 2.45) is 0 Å². The van der Waals surface area contributed by atoms with E-state index >= 15 is 0 Å². The van der Waals surface area contributed by atoms with E-state index < -0.39 is 7.94 Å². The Morgan fingerprint density at radius 3 is 2.40 bits per heavy atom. The molecule has 1 atom stereocenters. The summed E-state index contributed by atoms with van der Waals surface area (Å²) in [5, 5.41) is 0. The van der Waals surface area contributed by atoms with Crippen molar-refractivity contribution in [3.8, 4) is 5.75 Å². The zero-order valence-corrected chi connectivity index (χ0v) is 10.4. The number of hydrogen-bond acceptors (Lipinski definition) is 3. The van der Waals surface area contributed by atoms with Gasteiger partial charge in [-0.1, -0.05) is 25.1 Å². The van der Waals surface area contributed by atoms with Gasteiger partial charge in [-0.25, -0.2) is 0 Å². The monoisotopic (exact) mass is 229 g/mol. The highest BCUT2D eigenvalue weighted by molar-refractivity contribution is 7.61. The van der Waals surface area contributed by atoms with Crippen molar-refractivity contribution in [2.45, 2.75) is 13.3 Å². The maximum atomic E-state index is 5.72. The lowest BCUT2D eigenvalue weighted by Gasteiger charge is -2.16. The Morgan fingerprint density at radius 1 is 1.20 bits per heavy atom. The van der Waals surface area contributed by atoms with Crippen LogP contribution in [0.2, 0.25) is 0 Å². The number of para-hydroxylation sites is 1. The van der Waals surface area contributed by atoms with Crippen LogP contribution in [0.5, 0.6) is 5.75 Å². The number of benzene rings is 1. The molecule has 1 rings (SSSR count). The van der Waals surface area contributed by atoms with Crippen LogP contribution in [0, 0.1) is 0 Å². The molecule has 0 spiro atoms. The Morgan fingerprint density at radius 2 is 1.87 bits per heavy atom. The van der Waals surface area contributed by atoms with Crippen molar-refractivity contribution in [1.82, 2.24) is 0 Å². The van der Waals surface area contributed by atoms with Crippen LogP contribution >= 0.6 is 7.94 Å². The summed E-state index contributed by atoms with van der Waals surface area (Å²) < 4.78 is 16.6. The summed E-state index contributed by atoms with van der Waals surface area (Å²) in [7, 11) is -0.571. The third-order valence-corrected chi connectivity index (χ3v) is 3.73. The van der Waals surface area contributed by atoms with E-state index in [9.17, 15) is 0 Å². The summed E-state index contributed by atoms with van der Waals surface area (Å²) in [6, 6.07) is 9.59. The van der Waals surface area contributed by atoms with E-state index in [0.717, 1.165) is 12.2 Å². The molecule has 0 saturated heterocycles. The fourth-order valence-corrected chi connectivity index (χ4v) is 2.30. The second-order valence-corrected chi connectivity index (χ2v) is 5.54. The minimum absolute atomic E-state index is 0.658. The molecule has 0 aliphatic carbocycles. The molecule has 0 aliphatic heterocycles. The van der Waals surface area contributed by atoms with E-state index in [4.69, 9.17) is 13.6 Å². The Bertz CT molecular complexity index is 278. The van der Waals surface area contributed by atoms with Gasteiger partial charge in [-0.05, 0) is 18.6 Å². The zero-order chi connectivity index (χ0) is 11.1. The lowest BCUT2D eigenvalue weighted by atomic mass is 10.3. The van der Waals surface area contributed by atoms with Gasteiger partial charge < -0.3 is 0 Å². The normalized spacial score (nSPS) is 14.6. The molecular formula is C11H18O3P+. The van der Waals surface area contributed by atoms with Crippen LogP contribution in [0.3, 0.4) is 0 Å². The molecule has 4 heteroatoms. The van der Waals surface area contributed by atoms with E-state index in [-0.39, 0.29) is 0 Å². The summed E-state index contributed by atoms with van der Waals surface area (Å²) in [6.07, 6.45) is 0.955. The molecule has 3 nitrogen and oxygen atoms in total. The van der Waals surface area contributed by atoms with E-state index in [2.05, 4.69) is 6.92 Å². The van der Waals surface area contributed by atoms with E-state index in [1.54, 1.807) is 7.11 Å². The highest BCUT2D eigenvalue weighted by atomic mass is 31.2. The van der Waals surface area contributed by atoms with Crippen molar-refractivity contribution < 1.29 is 13.6 Å². The lowest BCUT2D eigenvalue weighted by Crippen LogP contribution is -2.07. The first-order chi connectivity index (χ1) is 7.20. The van der Waals surface area contributed by atoms with Gasteiger partial charge in [0.25, 0.3) is 0 Å². The summed E-state index contributed by atoms with van der Waals surface area (Å²) in [4.78, 5) is 0. The molecule has 0 N–H and O–H groups in total. The van der Waals surface area contributed by atoms with Crippen LogP contribution in [0.15, 0.2) is 30.3 Å². The SMILES string of the molecule is CCCO[P+](C)(OC)Oc1ccccc1. The average Bonchev–Trinajstić information content (AvgIpc) is 2.28. The van der Waals surface area contributed by atoms with Gasteiger partial charge >= 0.3 is 7.94 Å². The maximum absolute atomic E-state index is 5.72. The molecule has 0 aromatic heterocycles. The summed E-state index contributed by atoms with van der Waals surface area (Å²) >= 11 is 0. The second kappa shape index (κ2) is 6.06. The third kappa shape index (κ3) is 4.17. The summed E-state index contributed by atoms with van der Waals surface area (Å²) in [6.45, 7) is 4.59. The van der Waals surface area contributed by atoms with Crippen molar-refractivity contribution in [2.75, 3.05) is 20.4 Å². The predicted molar refractivity (Wildman–Crippen MR) is 63.2 cm³/mol. The fourth-order valence-electron chi connectivity index (χ4n) is 1.05. The second-order valence-electron chi connectivity index (χ2n) is 3.19. The lowest BCUT2D eigenvalue weighted by molar-refractivity contribution is 0.215. The predicted octanol–water partition coefficient (Wildman–Crippen LogP) is 3.53. The van der Waals surface area contributed by atoms with Crippen LogP contribution in [0.1, 0.15) is 13.3 Å². The van der Waals surface area contributed by atoms with Gasteiger partial charge in [-0.3, -0.25) is 4.52 Å². The molecule has 0 radical (unpaired) electrons. The smallest absolute Gasteiger partial charge is 0.287 e. The molecule has 1 unspecified atom stereocenters. The maximum Gasteiger partial charge on any atom is 0.453 e. The highest BCUT2D eigenvalue weighted by Gasteiger charge is 2.38. The Balaban J connectivity index is 2.59. The molecule has 0 bridgehead atoms. The van der Waals surface area contributed by atoms with Gasteiger partial charge in [0.15, 0.2) is 5.75 Å². The molecule has 0 aliphatic rings. The largest absolute Gasteiger partial charge is 0.453 e. The standard InChI is InChI=1S/C11H18O3P/c1-4-10-13-15(3,12-2)14-11-8-6-5-7-9-11/h5-9H,4,10H2,1-3H3/q+1. The summed E-state index contributed by atoms with van der Waals surface area (Å²) in [5.74, 6) is 0.784. The van der Waals surface area contributed by atoms with Crippen LogP contribution < -0.4 is 4.52 Å². The molecule has 0 saturated carbocycles. The molecule has 0 fully saturated rings. The number of hydrogen-bond donors (Lipinski definition) is 0. The van der Waals surface area contributed by atoms with Crippen LogP contribution in [0.4, 0.5) is 0 Å². The quantitative estimate of drug-likeness (QED) is 0.698. The molecule has 1 aromatic rings. The van der Waals surface area contributed by atoms with Gasteiger partial charge in [0.1, 0.15) is 6.66 Å². The first-order valence-electron chi connectivity index (χ1n) is 5.01. The Hall–Kier alpha value is -0.630. The minimum atomic E-state index is -2.19. The third-order valence-electron chi connectivity index (χ3n) is 1.88. The van der Waals surface area contributed by atoms with Crippen molar-refractivity contribution in [3.63, 3.8) is 0 Å². The first kappa shape index (κ1) is 12.4. The molecule has 15 heavy (non-hydrogen) atoms. The van der Waals surface area contributed by atoms with Crippen molar-refractivity contribution >= 4 is 7.94 Å². The molecular weight excluding hydrogens is 211 g/mol. The number of rotatable bonds is 6. The van der Waals surface area contributed by atoms with Gasteiger partial charge in [0.2, 0.25) is 0 Å². The highest BCUT2D eigenvalue weighted by Crippen LogP contribution is 2.57. The average molecular weight is 229 g/mol. The zero-order valence-electron chi connectivity index (χ0n) is 9.47. The molecule has 84 valence electrons. The van der Waals surface area contributed by atoms with Crippen LogP contribution in [-0.2, 0) is 9.05 Å². The van der Waals surface area contributed by atoms with E-state index in [0.29, 0.717) is 6.61 Å². The fraction of sp³-hybridized carbons (Fsp3) is 0.455. The summed E-state index contributed by atoms with van der Waals surface area (Å²) in [5.41, 5.74) is 0. The Kier molecular flexibility index (Phi) is 5.03. The Labute approximate surface area is 91.9 Å². The van der Waals surface area contributed by atoms with Gasteiger partial charge in [-0.15, -0.1) is 0 Å². The van der Waals surface area contributed by atoms with Crippen LogP contribution in [-0.4, -0.2) is 20.4 Å². The van der Waals surface area contributed by atoms with Crippen molar-refractivity contribution in [1.29, 1.82) is 0 Å². The minimum Gasteiger partial charge on any atom is -0.287 e. The van der Waals surface area contributed by atoms with Gasteiger partial charge in [0, 0.05) is 0 Å². The molecule has 0 heterocycles. The van der Waals surface area contributed by atoms with Gasteiger partial charge in [-0.2, -0.15) is 9.05 Å². The topological polar surface area (TPSA) is 27.7 Å². The van der Waals surface area contributed by atoms with Crippen LogP contribution in [0.25, 0.3) is 0 Å². The molecule has 0 amide bonds. The molecule has 1 aromatic carbocycles. The van der Waals surface area contributed by atoms with Crippen molar-refractivity contribution in [3.05, 3.63) is 30.3 Å².